The Hall–Kier alpha value is -1.15. The number of hydrogen-bond donors (Lipinski definition) is 0. The number of aromatic nitrogens is 1. The van der Waals surface area contributed by atoms with E-state index in [-0.39, 0.29) is 7.43 Å². The molecule has 0 bridgehead atoms. The molecule has 16 heavy (non-hydrogen) atoms. The van der Waals surface area contributed by atoms with Gasteiger partial charge >= 0.3 is 0 Å². The van der Waals surface area contributed by atoms with E-state index in [9.17, 15) is 0 Å². The second-order valence-electron chi connectivity index (χ2n) is 3.57. The molecule has 0 aliphatic carbocycles. The molecule has 88 valence electrons. The first kappa shape index (κ1) is 14.8. The lowest BCUT2D eigenvalue weighted by atomic mass is 10.2. The Labute approximate surface area is 103 Å². The Morgan fingerprint density at radius 2 is 1.69 bits per heavy atom. The third-order valence-electron chi connectivity index (χ3n) is 2.39. The highest BCUT2D eigenvalue weighted by Crippen LogP contribution is 2.12. The first-order valence-corrected chi connectivity index (χ1v) is 5.88. The van der Waals surface area contributed by atoms with Crippen LogP contribution in [0.1, 0.15) is 29.1 Å². The molecule has 0 N–H and O–H groups in total. The van der Waals surface area contributed by atoms with Crippen LogP contribution in [-0.4, -0.2) is 4.98 Å². The van der Waals surface area contributed by atoms with Gasteiger partial charge in [-0.25, -0.2) is 0 Å². The number of rotatable bonds is 0. The quantitative estimate of drug-likeness (QED) is 0.645. The van der Waals surface area contributed by atoms with Crippen molar-refractivity contribution in [2.45, 2.75) is 35.1 Å². The van der Waals surface area contributed by atoms with Gasteiger partial charge in [0.1, 0.15) is 0 Å². The zero-order chi connectivity index (χ0) is 11.3. The molecule has 2 heteroatoms. The lowest BCUT2D eigenvalue weighted by molar-refractivity contribution is 1.15. The van der Waals surface area contributed by atoms with Crippen LogP contribution in [0.25, 0.3) is 0 Å². The topological polar surface area (TPSA) is 12.9 Å². The van der Waals surface area contributed by atoms with Crippen molar-refractivity contribution in [3.63, 3.8) is 0 Å². The number of aryl methyl sites for hydroxylation is 4. The molecule has 0 spiro atoms. The summed E-state index contributed by atoms with van der Waals surface area (Å²) in [5.74, 6) is 0. The van der Waals surface area contributed by atoms with Crippen molar-refractivity contribution in [2.75, 3.05) is 0 Å². The van der Waals surface area contributed by atoms with E-state index in [1.54, 1.807) is 11.3 Å². The van der Waals surface area contributed by atoms with E-state index in [0.29, 0.717) is 0 Å². The highest BCUT2D eigenvalue weighted by molar-refractivity contribution is 7.10. The molecule has 0 aromatic carbocycles. The molecule has 0 aliphatic heterocycles. The van der Waals surface area contributed by atoms with Crippen molar-refractivity contribution in [1.82, 2.24) is 4.98 Å². The third kappa shape index (κ3) is 4.58. The van der Waals surface area contributed by atoms with Gasteiger partial charge in [0, 0.05) is 16.8 Å². The van der Waals surface area contributed by atoms with E-state index in [4.69, 9.17) is 0 Å². The lowest BCUT2D eigenvalue weighted by Gasteiger charge is -1.92. The molecule has 2 heterocycles. The first-order chi connectivity index (χ1) is 7.11. The predicted molar refractivity (Wildman–Crippen MR) is 74.2 cm³/mol. The van der Waals surface area contributed by atoms with Gasteiger partial charge < -0.3 is 0 Å². The summed E-state index contributed by atoms with van der Waals surface area (Å²) in [5.41, 5.74) is 3.78. The van der Waals surface area contributed by atoms with Crippen LogP contribution in [0.15, 0.2) is 29.8 Å². The van der Waals surface area contributed by atoms with Gasteiger partial charge in [0.05, 0.1) is 0 Å². The Morgan fingerprint density at radius 1 is 1.00 bits per heavy atom. The molecule has 2 aromatic rings. The van der Waals surface area contributed by atoms with Crippen molar-refractivity contribution in [3.05, 3.63) is 51.5 Å². The van der Waals surface area contributed by atoms with Crippen LogP contribution < -0.4 is 0 Å². The van der Waals surface area contributed by atoms with E-state index in [1.807, 2.05) is 19.2 Å². The summed E-state index contributed by atoms with van der Waals surface area (Å²) in [4.78, 5) is 5.51. The van der Waals surface area contributed by atoms with Gasteiger partial charge in [0.15, 0.2) is 0 Å². The zero-order valence-corrected chi connectivity index (χ0v) is 10.6. The van der Waals surface area contributed by atoms with Crippen LogP contribution in [0, 0.1) is 27.7 Å². The second-order valence-corrected chi connectivity index (χ2v) is 4.69. The SMILES string of the molecule is C.Cc1cccnc1C.Cc1ccsc1C. The molecule has 0 saturated heterocycles. The van der Waals surface area contributed by atoms with E-state index in [1.165, 1.54) is 16.0 Å². The van der Waals surface area contributed by atoms with Crippen molar-refractivity contribution < 1.29 is 0 Å². The molecule has 2 aromatic heterocycles. The Kier molecular flexibility index (Phi) is 6.66. The number of thiophene rings is 1. The van der Waals surface area contributed by atoms with E-state index < -0.39 is 0 Å². The molecular formula is C14H21NS. The maximum atomic E-state index is 4.08. The van der Waals surface area contributed by atoms with Crippen LogP contribution >= 0.6 is 11.3 Å². The molecular weight excluding hydrogens is 214 g/mol. The Bertz CT molecular complexity index is 381. The van der Waals surface area contributed by atoms with Crippen LogP contribution in [0.4, 0.5) is 0 Å². The van der Waals surface area contributed by atoms with Crippen molar-refractivity contribution in [1.29, 1.82) is 0 Å². The minimum absolute atomic E-state index is 0. The fraction of sp³-hybridized carbons (Fsp3) is 0.357. The first-order valence-electron chi connectivity index (χ1n) is 5.00. The maximum Gasteiger partial charge on any atom is 0.0401 e. The summed E-state index contributed by atoms with van der Waals surface area (Å²) in [7, 11) is 0. The molecule has 0 amide bonds. The monoisotopic (exact) mass is 235 g/mol. The molecule has 0 radical (unpaired) electrons. The summed E-state index contributed by atoms with van der Waals surface area (Å²) >= 11 is 1.80. The minimum Gasteiger partial charge on any atom is -0.261 e. The van der Waals surface area contributed by atoms with Gasteiger partial charge in [-0.2, -0.15) is 0 Å². The van der Waals surface area contributed by atoms with Gasteiger partial charge in [-0.1, -0.05) is 13.5 Å². The maximum absolute atomic E-state index is 4.08. The second kappa shape index (κ2) is 7.18. The molecule has 1 nitrogen and oxygen atoms in total. The van der Waals surface area contributed by atoms with Gasteiger partial charge in [-0.05, 0) is 56.3 Å². The smallest absolute Gasteiger partial charge is 0.0401 e. The standard InChI is InChI=1S/C7H9N.C6H8S.CH4/c1-6-4-3-5-8-7(6)2;1-5-3-4-7-6(5)2;/h3-5H,1-2H3;3-4H,1-2H3;1H4. The zero-order valence-electron chi connectivity index (χ0n) is 9.74. The van der Waals surface area contributed by atoms with Gasteiger partial charge in [0.2, 0.25) is 0 Å². The Morgan fingerprint density at radius 3 is 1.94 bits per heavy atom. The van der Waals surface area contributed by atoms with Crippen molar-refractivity contribution >= 4 is 11.3 Å². The van der Waals surface area contributed by atoms with Crippen LogP contribution in [0.2, 0.25) is 0 Å². The third-order valence-corrected chi connectivity index (χ3v) is 3.34. The predicted octanol–water partition coefficient (Wildman–Crippen LogP) is 4.70. The summed E-state index contributed by atoms with van der Waals surface area (Å²) in [5, 5.41) is 2.12. The summed E-state index contributed by atoms with van der Waals surface area (Å²) in [6.45, 7) is 8.34. The molecule has 0 saturated carbocycles. The van der Waals surface area contributed by atoms with Crippen molar-refractivity contribution in [2.24, 2.45) is 0 Å². The average molecular weight is 235 g/mol. The Balaban J connectivity index is 0.000000267. The summed E-state index contributed by atoms with van der Waals surface area (Å²) < 4.78 is 0. The highest BCUT2D eigenvalue weighted by atomic mass is 32.1. The largest absolute Gasteiger partial charge is 0.261 e. The number of pyridine rings is 1. The minimum atomic E-state index is 0. The molecule has 0 fully saturated rings. The van der Waals surface area contributed by atoms with Crippen LogP contribution in [0.3, 0.4) is 0 Å². The van der Waals surface area contributed by atoms with Crippen LogP contribution in [0.5, 0.6) is 0 Å². The average Bonchev–Trinajstić information content (AvgIpc) is 2.57. The lowest BCUT2D eigenvalue weighted by Crippen LogP contribution is -1.81. The number of hydrogen-bond acceptors (Lipinski definition) is 2. The molecule has 0 unspecified atom stereocenters. The summed E-state index contributed by atoms with van der Waals surface area (Å²) in [6, 6.07) is 6.14. The molecule has 0 aliphatic rings. The normalized spacial score (nSPS) is 8.75. The van der Waals surface area contributed by atoms with Crippen molar-refractivity contribution in [3.8, 4) is 0 Å². The van der Waals surface area contributed by atoms with Gasteiger partial charge in [0.25, 0.3) is 0 Å². The highest BCUT2D eigenvalue weighted by Gasteiger charge is 1.87. The summed E-state index contributed by atoms with van der Waals surface area (Å²) in [6.07, 6.45) is 1.81. The van der Waals surface area contributed by atoms with Gasteiger partial charge in [-0.3, -0.25) is 4.98 Å². The molecule has 2 rings (SSSR count). The van der Waals surface area contributed by atoms with E-state index in [0.717, 1.165) is 5.69 Å². The number of nitrogens with zero attached hydrogens (tertiary/aromatic N) is 1. The van der Waals surface area contributed by atoms with E-state index in [2.05, 4.69) is 43.3 Å². The fourth-order valence-electron chi connectivity index (χ4n) is 1.01. The fourth-order valence-corrected chi connectivity index (χ4v) is 1.74. The van der Waals surface area contributed by atoms with Crippen LogP contribution in [-0.2, 0) is 0 Å². The van der Waals surface area contributed by atoms with E-state index >= 15 is 0 Å². The van der Waals surface area contributed by atoms with Gasteiger partial charge in [-0.15, -0.1) is 11.3 Å². The molecule has 0 atom stereocenters.